The predicted molar refractivity (Wildman–Crippen MR) is 73.4 cm³/mol. The molecule has 0 fully saturated rings. The summed E-state index contributed by atoms with van der Waals surface area (Å²) in [7, 11) is 1.63. The molecule has 0 aliphatic heterocycles. The van der Waals surface area contributed by atoms with Crippen LogP contribution in [-0.4, -0.2) is 76.8 Å². The first-order valence-electron chi connectivity index (χ1n) is 6.77. The standard InChI is InChI=1S/C7H16O4.C6H14O2/c1-9-4-5-11-7-6-10-3-2-8;1-2-3-5-8-6-4-7/h8H,2-7H2,1H3;7H,2-6H2,1H3. The molecule has 0 rings (SSSR count). The van der Waals surface area contributed by atoms with Crippen molar-refractivity contribution in [1.82, 2.24) is 0 Å². The van der Waals surface area contributed by atoms with E-state index in [1.807, 2.05) is 0 Å². The second-order valence-corrected chi connectivity index (χ2v) is 3.63. The molecule has 0 spiro atoms. The van der Waals surface area contributed by atoms with Gasteiger partial charge in [0.1, 0.15) is 0 Å². The molecule has 0 heterocycles. The van der Waals surface area contributed by atoms with Crippen LogP contribution in [-0.2, 0) is 18.9 Å². The normalized spacial score (nSPS) is 10.1. The molecule has 6 heteroatoms. The minimum atomic E-state index is 0.0675. The van der Waals surface area contributed by atoms with Crippen LogP contribution >= 0.6 is 0 Å². The minimum absolute atomic E-state index is 0.0675. The second-order valence-electron chi connectivity index (χ2n) is 3.63. The van der Waals surface area contributed by atoms with Crippen molar-refractivity contribution < 1.29 is 29.2 Å². The highest BCUT2D eigenvalue weighted by atomic mass is 16.5. The third-order valence-electron chi connectivity index (χ3n) is 1.92. The Labute approximate surface area is 116 Å². The van der Waals surface area contributed by atoms with Crippen molar-refractivity contribution in [2.75, 3.05) is 66.6 Å². The molecule has 0 radical (unpaired) electrons. The zero-order valence-corrected chi connectivity index (χ0v) is 12.3. The van der Waals surface area contributed by atoms with E-state index >= 15 is 0 Å². The summed E-state index contributed by atoms with van der Waals surface area (Å²) in [6.07, 6.45) is 2.26. The lowest BCUT2D eigenvalue weighted by Crippen LogP contribution is -2.09. The topological polar surface area (TPSA) is 77.4 Å². The van der Waals surface area contributed by atoms with Crippen LogP contribution in [0.15, 0.2) is 0 Å². The van der Waals surface area contributed by atoms with E-state index in [4.69, 9.17) is 29.2 Å². The molecule has 0 amide bonds. The molecule has 118 valence electrons. The number of unbranched alkanes of at least 4 members (excludes halogenated alkanes) is 1. The van der Waals surface area contributed by atoms with Gasteiger partial charge in [-0.1, -0.05) is 13.3 Å². The van der Waals surface area contributed by atoms with Crippen LogP contribution in [0.2, 0.25) is 0 Å². The zero-order valence-electron chi connectivity index (χ0n) is 12.3. The molecule has 19 heavy (non-hydrogen) atoms. The molecule has 0 aromatic heterocycles. The summed E-state index contributed by atoms with van der Waals surface area (Å²) >= 11 is 0. The van der Waals surface area contributed by atoms with Crippen LogP contribution in [0.3, 0.4) is 0 Å². The van der Waals surface area contributed by atoms with Crippen LogP contribution in [0.25, 0.3) is 0 Å². The Kier molecular flexibility index (Phi) is 25.4. The lowest BCUT2D eigenvalue weighted by Gasteiger charge is -2.03. The van der Waals surface area contributed by atoms with Gasteiger partial charge in [0.2, 0.25) is 0 Å². The number of rotatable bonds is 13. The highest BCUT2D eigenvalue weighted by Crippen LogP contribution is 1.85. The fourth-order valence-electron chi connectivity index (χ4n) is 0.942. The van der Waals surface area contributed by atoms with E-state index in [2.05, 4.69) is 6.92 Å². The van der Waals surface area contributed by atoms with Crippen LogP contribution in [0.4, 0.5) is 0 Å². The van der Waals surface area contributed by atoms with E-state index in [1.165, 1.54) is 0 Å². The quantitative estimate of drug-likeness (QED) is 0.478. The molecule has 0 aliphatic carbocycles. The first-order chi connectivity index (χ1) is 9.33. The third-order valence-corrected chi connectivity index (χ3v) is 1.92. The Morgan fingerprint density at radius 1 is 0.684 bits per heavy atom. The number of ether oxygens (including phenoxy) is 4. The maximum absolute atomic E-state index is 8.32. The predicted octanol–water partition coefficient (Wildman–Crippen LogP) is 0.454. The van der Waals surface area contributed by atoms with Gasteiger partial charge in [-0.25, -0.2) is 0 Å². The summed E-state index contributed by atoms with van der Waals surface area (Å²) in [5, 5.41) is 16.6. The highest BCUT2D eigenvalue weighted by molar-refractivity contribution is 4.31. The maximum Gasteiger partial charge on any atom is 0.0701 e. The van der Waals surface area contributed by atoms with Gasteiger partial charge in [-0.2, -0.15) is 0 Å². The van der Waals surface area contributed by atoms with Gasteiger partial charge >= 0.3 is 0 Å². The number of hydrogen-bond donors (Lipinski definition) is 2. The van der Waals surface area contributed by atoms with Gasteiger partial charge in [0.05, 0.1) is 52.9 Å². The summed E-state index contributed by atoms with van der Waals surface area (Å²) in [5.74, 6) is 0. The Morgan fingerprint density at radius 2 is 1.16 bits per heavy atom. The molecule has 0 saturated carbocycles. The summed E-state index contributed by atoms with van der Waals surface area (Å²) in [4.78, 5) is 0. The first kappa shape index (κ1) is 21.1. The molecule has 0 aromatic carbocycles. The maximum atomic E-state index is 8.32. The minimum Gasteiger partial charge on any atom is -0.394 e. The van der Waals surface area contributed by atoms with Crippen LogP contribution < -0.4 is 0 Å². The van der Waals surface area contributed by atoms with Crippen molar-refractivity contribution in [3.63, 3.8) is 0 Å². The molecule has 0 saturated heterocycles. The molecule has 0 atom stereocenters. The highest BCUT2D eigenvalue weighted by Gasteiger charge is 1.87. The van der Waals surface area contributed by atoms with E-state index in [1.54, 1.807) is 7.11 Å². The summed E-state index contributed by atoms with van der Waals surface area (Å²) < 4.78 is 19.8. The first-order valence-corrected chi connectivity index (χ1v) is 6.77. The molecule has 2 N–H and O–H groups in total. The van der Waals surface area contributed by atoms with Crippen molar-refractivity contribution in [3.8, 4) is 0 Å². The Balaban J connectivity index is 0. The molecular weight excluding hydrogens is 252 g/mol. The summed E-state index contributed by atoms with van der Waals surface area (Å²) in [6.45, 7) is 6.28. The number of hydrogen-bond acceptors (Lipinski definition) is 6. The van der Waals surface area contributed by atoms with Crippen LogP contribution in [0.1, 0.15) is 19.8 Å². The van der Waals surface area contributed by atoms with Crippen molar-refractivity contribution in [1.29, 1.82) is 0 Å². The Hall–Kier alpha value is -0.240. The molecule has 0 aliphatic rings. The number of aliphatic hydroxyl groups excluding tert-OH is 2. The molecule has 0 unspecified atom stereocenters. The van der Waals surface area contributed by atoms with Gasteiger partial charge in [0, 0.05) is 13.7 Å². The van der Waals surface area contributed by atoms with Gasteiger partial charge in [-0.05, 0) is 6.42 Å². The van der Waals surface area contributed by atoms with Crippen LogP contribution in [0, 0.1) is 0 Å². The number of aliphatic hydroxyl groups is 2. The van der Waals surface area contributed by atoms with Gasteiger partial charge in [-0.3, -0.25) is 0 Å². The third kappa shape index (κ3) is 27.1. The molecule has 6 nitrogen and oxygen atoms in total. The van der Waals surface area contributed by atoms with Crippen molar-refractivity contribution in [3.05, 3.63) is 0 Å². The van der Waals surface area contributed by atoms with E-state index in [-0.39, 0.29) is 13.2 Å². The second kappa shape index (κ2) is 22.9. The van der Waals surface area contributed by atoms with Crippen molar-refractivity contribution in [2.45, 2.75) is 19.8 Å². The fourth-order valence-corrected chi connectivity index (χ4v) is 0.942. The largest absolute Gasteiger partial charge is 0.394 e. The Bertz CT molecular complexity index is 120. The number of methoxy groups -OCH3 is 1. The lowest BCUT2D eigenvalue weighted by atomic mass is 10.4. The summed E-state index contributed by atoms with van der Waals surface area (Å²) in [5.41, 5.74) is 0. The van der Waals surface area contributed by atoms with Crippen molar-refractivity contribution in [2.24, 2.45) is 0 Å². The average Bonchev–Trinajstić information content (AvgIpc) is 2.44. The SMILES string of the molecule is CCCCOCCO.COCCOCCOCCO. The smallest absolute Gasteiger partial charge is 0.0701 e. The molecule has 0 aromatic rings. The van der Waals surface area contributed by atoms with E-state index in [0.29, 0.717) is 39.6 Å². The van der Waals surface area contributed by atoms with Crippen molar-refractivity contribution >= 4 is 0 Å². The molecule has 0 bridgehead atoms. The Morgan fingerprint density at radius 3 is 1.63 bits per heavy atom. The van der Waals surface area contributed by atoms with E-state index in [9.17, 15) is 0 Å². The van der Waals surface area contributed by atoms with E-state index in [0.717, 1.165) is 19.4 Å². The van der Waals surface area contributed by atoms with Crippen LogP contribution in [0.5, 0.6) is 0 Å². The monoisotopic (exact) mass is 282 g/mol. The fraction of sp³-hybridized carbons (Fsp3) is 1.00. The van der Waals surface area contributed by atoms with Gasteiger partial charge in [-0.15, -0.1) is 0 Å². The average molecular weight is 282 g/mol. The van der Waals surface area contributed by atoms with E-state index < -0.39 is 0 Å². The van der Waals surface area contributed by atoms with Gasteiger partial charge < -0.3 is 29.2 Å². The molecular formula is C13H30O6. The van der Waals surface area contributed by atoms with Gasteiger partial charge in [0.25, 0.3) is 0 Å². The summed E-state index contributed by atoms with van der Waals surface area (Å²) in [6, 6.07) is 0. The van der Waals surface area contributed by atoms with Gasteiger partial charge in [0.15, 0.2) is 0 Å². The zero-order chi connectivity index (χ0) is 14.6. The lowest BCUT2D eigenvalue weighted by molar-refractivity contribution is 0.0159.